The third kappa shape index (κ3) is 5.98. The van der Waals surface area contributed by atoms with Crippen LogP contribution in [0.25, 0.3) is 15.6 Å². The molecule has 4 rings (SSSR count). The number of amides is 1. The molecule has 1 N–H and O–H groups in total. The van der Waals surface area contributed by atoms with Crippen molar-refractivity contribution in [2.75, 3.05) is 38.7 Å². The Hall–Kier alpha value is -3.89. The first-order chi connectivity index (χ1) is 18.2. The molecule has 0 radical (unpaired) electrons. The Morgan fingerprint density at radius 3 is 2.39 bits per heavy atom. The Morgan fingerprint density at radius 2 is 1.74 bits per heavy atom. The Balaban J connectivity index is 1.58. The molecule has 0 aromatic heterocycles. The Kier molecular flexibility index (Phi) is 8.33. The molecule has 3 aromatic rings. The van der Waals surface area contributed by atoms with E-state index in [1.54, 1.807) is 24.3 Å². The summed E-state index contributed by atoms with van der Waals surface area (Å²) in [6.45, 7) is 17.2. The normalized spacial score (nSPS) is 14.1. The molecule has 0 spiro atoms. The van der Waals surface area contributed by atoms with Gasteiger partial charge in [-0.15, -0.1) is 0 Å². The smallest absolute Gasteiger partial charge is 0.296 e. The maximum absolute atomic E-state index is 13.4. The number of hydrogen-bond donors (Lipinski definition) is 1. The van der Waals surface area contributed by atoms with Crippen molar-refractivity contribution < 1.29 is 19.1 Å². The fraction of sp³-hybridized carbons (Fsp3) is 0.387. The average Bonchev–Trinajstić information content (AvgIpc) is 2.92. The van der Waals surface area contributed by atoms with Gasteiger partial charge in [0.25, 0.3) is 11.7 Å². The van der Waals surface area contributed by atoms with Gasteiger partial charge in [0.2, 0.25) is 5.69 Å². The number of piperidine rings is 1. The van der Waals surface area contributed by atoms with Gasteiger partial charge in [-0.3, -0.25) is 14.5 Å². The Labute approximate surface area is 224 Å². The van der Waals surface area contributed by atoms with Gasteiger partial charge in [-0.25, -0.2) is 4.85 Å². The van der Waals surface area contributed by atoms with Crippen LogP contribution in [-0.4, -0.2) is 49.9 Å². The molecule has 0 unspecified atom stereocenters. The topological polar surface area (TPSA) is 72.2 Å². The van der Waals surface area contributed by atoms with E-state index < -0.39 is 11.7 Å². The average molecular weight is 514 g/mol. The number of nitrogens with one attached hydrogen (secondary N) is 1. The van der Waals surface area contributed by atoms with Gasteiger partial charge in [-0.2, -0.15) is 0 Å². The zero-order chi connectivity index (χ0) is 27.3. The monoisotopic (exact) mass is 513 g/mol. The molecule has 7 nitrogen and oxygen atoms in total. The van der Waals surface area contributed by atoms with Crippen LogP contribution < -0.4 is 14.8 Å². The summed E-state index contributed by atoms with van der Waals surface area (Å²) >= 11 is 0. The van der Waals surface area contributed by atoms with E-state index in [-0.39, 0.29) is 22.4 Å². The van der Waals surface area contributed by atoms with Crippen molar-refractivity contribution in [2.24, 2.45) is 0 Å². The molecule has 1 amide bonds. The molecule has 198 valence electrons. The summed E-state index contributed by atoms with van der Waals surface area (Å²) in [5.41, 5.74) is 1.45. The highest BCUT2D eigenvalue weighted by Crippen LogP contribution is 2.40. The van der Waals surface area contributed by atoms with Gasteiger partial charge >= 0.3 is 0 Å². The van der Waals surface area contributed by atoms with Gasteiger partial charge in [0.1, 0.15) is 18.1 Å². The molecule has 1 heterocycles. The molecule has 1 aliphatic rings. The number of hydrogen-bond acceptors (Lipinski definition) is 5. The number of carbonyl (C=O) groups is 2. The van der Waals surface area contributed by atoms with E-state index in [4.69, 9.17) is 16.0 Å². The second kappa shape index (κ2) is 11.7. The van der Waals surface area contributed by atoms with Crippen LogP contribution in [0.3, 0.4) is 0 Å². The lowest BCUT2D eigenvalue weighted by Crippen LogP contribution is -2.33. The molecule has 3 aromatic carbocycles. The molecular formula is C31H35N3O4. The summed E-state index contributed by atoms with van der Waals surface area (Å²) in [5.74, 6) is -0.546. The molecule has 0 saturated carbocycles. The summed E-state index contributed by atoms with van der Waals surface area (Å²) in [6, 6.07) is 14.4. The largest absolute Gasteiger partial charge is 0.506 e. The van der Waals surface area contributed by atoms with Crippen molar-refractivity contribution in [3.8, 4) is 11.5 Å². The van der Waals surface area contributed by atoms with Crippen LogP contribution in [0.15, 0.2) is 48.5 Å². The van der Waals surface area contributed by atoms with Crippen LogP contribution in [0.4, 0.5) is 11.4 Å². The van der Waals surface area contributed by atoms with Crippen molar-refractivity contribution >= 4 is 33.8 Å². The van der Waals surface area contributed by atoms with Crippen LogP contribution in [0, 0.1) is 6.57 Å². The molecular weight excluding hydrogens is 478 g/mol. The number of methoxy groups -OCH3 is 1. The van der Waals surface area contributed by atoms with E-state index in [0.717, 1.165) is 30.6 Å². The van der Waals surface area contributed by atoms with Crippen molar-refractivity contribution in [1.29, 1.82) is 0 Å². The maximum Gasteiger partial charge on any atom is 0.296 e. The highest BCUT2D eigenvalue weighted by atomic mass is 16.5. The van der Waals surface area contributed by atoms with Crippen LogP contribution in [-0.2, 0) is 10.2 Å². The number of rotatable bonds is 8. The predicted molar refractivity (Wildman–Crippen MR) is 151 cm³/mol. The quantitative estimate of drug-likeness (QED) is 0.215. The van der Waals surface area contributed by atoms with Gasteiger partial charge in [0.05, 0.1) is 19.4 Å². The minimum atomic E-state index is -0.797. The number of anilines is 1. The number of nitrogens with zero attached hydrogens (tertiary/aromatic N) is 2. The van der Waals surface area contributed by atoms with Crippen molar-refractivity contribution in [3.05, 3.63) is 71.1 Å². The number of ether oxygens (including phenoxy) is 2. The Bertz CT molecular complexity index is 1380. The van der Waals surface area contributed by atoms with Crippen LogP contribution in [0.5, 0.6) is 11.5 Å². The van der Waals surface area contributed by atoms with Crippen molar-refractivity contribution in [1.82, 2.24) is 4.90 Å². The molecule has 1 fully saturated rings. The van der Waals surface area contributed by atoms with Crippen LogP contribution in [0.2, 0.25) is 0 Å². The zero-order valence-corrected chi connectivity index (χ0v) is 22.6. The molecule has 1 aliphatic heterocycles. The van der Waals surface area contributed by atoms with Crippen molar-refractivity contribution in [3.63, 3.8) is 0 Å². The number of fused-ring (bicyclic) bond motifs is 1. The van der Waals surface area contributed by atoms with Gasteiger partial charge in [0, 0.05) is 17.5 Å². The predicted octanol–water partition coefficient (Wildman–Crippen LogP) is 6.38. The lowest BCUT2D eigenvalue weighted by atomic mass is 9.86. The molecule has 0 atom stereocenters. The fourth-order valence-corrected chi connectivity index (χ4v) is 4.80. The third-order valence-corrected chi connectivity index (χ3v) is 6.96. The molecule has 7 heteroatoms. The fourth-order valence-electron chi connectivity index (χ4n) is 4.80. The Morgan fingerprint density at radius 1 is 1.03 bits per heavy atom. The molecule has 38 heavy (non-hydrogen) atoms. The first kappa shape index (κ1) is 27.2. The van der Waals surface area contributed by atoms with E-state index in [9.17, 15) is 9.59 Å². The first-order valence-corrected chi connectivity index (χ1v) is 13.1. The van der Waals surface area contributed by atoms with E-state index in [2.05, 4.69) is 15.1 Å². The highest BCUT2D eigenvalue weighted by Gasteiger charge is 2.24. The van der Waals surface area contributed by atoms with Gasteiger partial charge < -0.3 is 14.8 Å². The summed E-state index contributed by atoms with van der Waals surface area (Å²) in [5, 5.41) is 4.14. The summed E-state index contributed by atoms with van der Waals surface area (Å²) in [6.07, 6.45) is 3.75. The number of ketones is 1. The van der Waals surface area contributed by atoms with E-state index >= 15 is 0 Å². The summed E-state index contributed by atoms with van der Waals surface area (Å²) < 4.78 is 11.5. The molecule has 0 bridgehead atoms. The number of benzene rings is 3. The van der Waals surface area contributed by atoms with Crippen molar-refractivity contribution in [2.45, 2.75) is 45.4 Å². The standard InChI is InChI=1S/C31H35N3O4/c1-31(2,3)21-19-25(32-4)29(37-5)26(20-21)33-30(36)28(35)24-13-14-27(23-12-8-7-11-22(23)24)38-18-17-34-15-9-6-10-16-34/h7-8,11-14,19-20H,6,9-10,15-18H2,1-3,5H3,(H,33,36). The van der Waals surface area contributed by atoms with E-state index in [1.165, 1.54) is 26.4 Å². The second-order valence-corrected chi connectivity index (χ2v) is 10.6. The second-order valence-electron chi connectivity index (χ2n) is 10.6. The third-order valence-electron chi connectivity index (χ3n) is 6.96. The maximum atomic E-state index is 13.4. The first-order valence-electron chi connectivity index (χ1n) is 13.1. The lowest BCUT2D eigenvalue weighted by Gasteiger charge is -2.26. The van der Waals surface area contributed by atoms with Gasteiger partial charge in [-0.1, -0.05) is 57.0 Å². The summed E-state index contributed by atoms with van der Waals surface area (Å²) in [7, 11) is 1.44. The number of likely N-dealkylation sites (tertiary alicyclic amines) is 1. The number of Topliss-reactive ketones (excluding diaryl/α,β-unsaturated/α-hetero) is 1. The highest BCUT2D eigenvalue weighted by molar-refractivity contribution is 6.48. The molecule has 1 saturated heterocycles. The van der Waals surface area contributed by atoms with Gasteiger partial charge in [0.15, 0.2) is 0 Å². The minimum Gasteiger partial charge on any atom is -0.506 e. The van der Waals surface area contributed by atoms with Crippen LogP contribution in [0.1, 0.15) is 56.0 Å². The van der Waals surface area contributed by atoms with Gasteiger partial charge in [-0.05, 0) is 61.0 Å². The zero-order valence-electron chi connectivity index (χ0n) is 22.6. The van der Waals surface area contributed by atoms with E-state index in [0.29, 0.717) is 23.4 Å². The SMILES string of the molecule is [C-]#[N+]c1cc(C(C)(C)C)cc(NC(=O)C(=O)c2ccc(OCCN3CCCCC3)c3ccccc23)c1OC. The minimum absolute atomic E-state index is 0.233. The molecule has 0 aliphatic carbocycles. The summed E-state index contributed by atoms with van der Waals surface area (Å²) in [4.78, 5) is 32.5. The van der Waals surface area contributed by atoms with E-state index in [1.807, 2.05) is 45.0 Å². The number of carbonyl (C=O) groups excluding carboxylic acids is 2. The van der Waals surface area contributed by atoms with Crippen LogP contribution >= 0.6 is 0 Å². The lowest BCUT2D eigenvalue weighted by molar-refractivity contribution is -0.112.